The van der Waals surface area contributed by atoms with E-state index in [0.29, 0.717) is 5.69 Å². The van der Waals surface area contributed by atoms with Crippen LogP contribution in [0.15, 0.2) is 30.5 Å². The third-order valence-electron chi connectivity index (χ3n) is 2.67. The zero-order valence-corrected chi connectivity index (χ0v) is 9.73. The molecule has 0 aliphatic rings. The van der Waals surface area contributed by atoms with Crippen molar-refractivity contribution in [2.24, 2.45) is 0 Å². The molecule has 0 unspecified atom stereocenters. The Labute approximate surface area is 100.0 Å². The van der Waals surface area contributed by atoms with Crippen molar-refractivity contribution >= 4 is 0 Å². The molecule has 0 bridgehead atoms. The van der Waals surface area contributed by atoms with Crippen LogP contribution in [0.2, 0.25) is 0 Å². The standard InChI is InChI=1S/C14H12N2O/c1-9-3-4-10(2)12(5-9)13-6-11(7-15)14(17)8-16-13/h3-6,8,17H,1-2H3. The zero-order chi connectivity index (χ0) is 12.4. The number of benzene rings is 1. The molecule has 2 aromatic rings. The summed E-state index contributed by atoms with van der Waals surface area (Å²) in [5.41, 5.74) is 4.18. The van der Waals surface area contributed by atoms with Crippen LogP contribution in [0.4, 0.5) is 0 Å². The Bertz CT molecular complexity index is 612. The van der Waals surface area contributed by atoms with Crippen LogP contribution in [0.25, 0.3) is 11.3 Å². The van der Waals surface area contributed by atoms with Crippen LogP contribution in [-0.4, -0.2) is 10.1 Å². The molecule has 0 spiro atoms. The van der Waals surface area contributed by atoms with E-state index in [1.54, 1.807) is 6.07 Å². The van der Waals surface area contributed by atoms with E-state index in [9.17, 15) is 5.11 Å². The maximum atomic E-state index is 9.42. The SMILES string of the molecule is Cc1ccc(C)c(-c2cc(C#N)c(O)cn2)c1. The third kappa shape index (κ3) is 2.11. The molecule has 0 saturated heterocycles. The van der Waals surface area contributed by atoms with Gasteiger partial charge in [-0.25, -0.2) is 0 Å². The molecule has 1 aromatic carbocycles. The number of aromatic hydroxyl groups is 1. The fourth-order valence-corrected chi connectivity index (χ4v) is 1.70. The second-order valence-corrected chi connectivity index (χ2v) is 4.02. The molecule has 1 aromatic heterocycles. The molecule has 84 valence electrons. The summed E-state index contributed by atoms with van der Waals surface area (Å²) in [4.78, 5) is 4.16. The van der Waals surface area contributed by atoms with E-state index in [4.69, 9.17) is 5.26 Å². The largest absolute Gasteiger partial charge is 0.505 e. The van der Waals surface area contributed by atoms with Gasteiger partial charge in [0.2, 0.25) is 0 Å². The van der Waals surface area contributed by atoms with E-state index in [2.05, 4.69) is 4.98 Å². The number of pyridine rings is 1. The van der Waals surface area contributed by atoms with E-state index in [-0.39, 0.29) is 11.3 Å². The maximum absolute atomic E-state index is 9.42. The lowest BCUT2D eigenvalue weighted by molar-refractivity contribution is 0.471. The summed E-state index contributed by atoms with van der Waals surface area (Å²) in [6.45, 7) is 4.00. The molecule has 0 fully saturated rings. The Hall–Kier alpha value is -2.34. The van der Waals surface area contributed by atoms with Crippen molar-refractivity contribution in [3.63, 3.8) is 0 Å². The average molecular weight is 224 g/mol. The summed E-state index contributed by atoms with van der Waals surface area (Å²) in [5, 5.41) is 18.3. The highest BCUT2D eigenvalue weighted by Gasteiger charge is 2.07. The van der Waals surface area contributed by atoms with Crippen molar-refractivity contribution in [1.29, 1.82) is 5.26 Å². The van der Waals surface area contributed by atoms with Crippen molar-refractivity contribution in [3.8, 4) is 23.1 Å². The number of aromatic nitrogens is 1. The van der Waals surface area contributed by atoms with Gasteiger partial charge >= 0.3 is 0 Å². The maximum Gasteiger partial charge on any atom is 0.151 e. The smallest absolute Gasteiger partial charge is 0.151 e. The zero-order valence-electron chi connectivity index (χ0n) is 9.73. The van der Waals surface area contributed by atoms with Crippen LogP contribution in [0.5, 0.6) is 5.75 Å². The molecular weight excluding hydrogens is 212 g/mol. The fraction of sp³-hybridized carbons (Fsp3) is 0.143. The number of aryl methyl sites for hydroxylation is 2. The minimum atomic E-state index is -0.0819. The molecule has 17 heavy (non-hydrogen) atoms. The summed E-state index contributed by atoms with van der Waals surface area (Å²) in [5.74, 6) is -0.0819. The first-order valence-corrected chi connectivity index (χ1v) is 5.28. The predicted octanol–water partition coefficient (Wildman–Crippen LogP) is 2.94. The highest BCUT2D eigenvalue weighted by Crippen LogP contribution is 2.26. The summed E-state index contributed by atoms with van der Waals surface area (Å²) < 4.78 is 0. The van der Waals surface area contributed by atoms with Gasteiger partial charge in [-0.1, -0.05) is 17.7 Å². The van der Waals surface area contributed by atoms with Gasteiger partial charge in [-0.3, -0.25) is 4.98 Å². The lowest BCUT2D eigenvalue weighted by Crippen LogP contribution is -1.90. The molecule has 0 saturated carbocycles. The van der Waals surface area contributed by atoms with E-state index in [0.717, 1.165) is 16.7 Å². The number of nitriles is 1. The first kappa shape index (κ1) is 11.2. The van der Waals surface area contributed by atoms with Crippen LogP contribution < -0.4 is 0 Å². The molecule has 2 rings (SSSR count). The number of hydrogen-bond acceptors (Lipinski definition) is 3. The highest BCUT2D eigenvalue weighted by atomic mass is 16.3. The van der Waals surface area contributed by atoms with Crippen LogP contribution in [0.1, 0.15) is 16.7 Å². The Morgan fingerprint density at radius 3 is 2.71 bits per heavy atom. The Morgan fingerprint density at radius 2 is 2.00 bits per heavy atom. The predicted molar refractivity (Wildman–Crippen MR) is 65.5 cm³/mol. The van der Waals surface area contributed by atoms with Crippen molar-refractivity contribution in [2.75, 3.05) is 0 Å². The van der Waals surface area contributed by atoms with E-state index < -0.39 is 0 Å². The molecule has 1 N–H and O–H groups in total. The normalized spacial score (nSPS) is 9.94. The molecule has 0 atom stereocenters. The Kier molecular flexibility index (Phi) is 2.80. The molecule has 0 radical (unpaired) electrons. The quantitative estimate of drug-likeness (QED) is 0.810. The van der Waals surface area contributed by atoms with E-state index >= 15 is 0 Å². The topological polar surface area (TPSA) is 56.9 Å². The summed E-state index contributed by atoms with van der Waals surface area (Å²) in [7, 11) is 0. The molecule has 3 heteroatoms. The highest BCUT2D eigenvalue weighted by molar-refractivity contribution is 5.66. The van der Waals surface area contributed by atoms with Gasteiger partial charge < -0.3 is 5.11 Å². The van der Waals surface area contributed by atoms with Gasteiger partial charge in [-0.15, -0.1) is 0 Å². The second kappa shape index (κ2) is 4.26. The van der Waals surface area contributed by atoms with Gasteiger partial charge in [0.25, 0.3) is 0 Å². The van der Waals surface area contributed by atoms with Gasteiger partial charge in [0.15, 0.2) is 5.75 Å². The summed E-state index contributed by atoms with van der Waals surface area (Å²) in [6, 6.07) is 9.63. The molecule has 0 aliphatic heterocycles. The summed E-state index contributed by atoms with van der Waals surface area (Å²) in [6.07, 6.45) is 1.32. The van der Waals surface area contributed by atoms with Crippen molar-refractivity contribution < 1.29 is 5.11 Å². The summed E-state index contributed by atoms with van der Waals surface area (Å²) >= 11 is 0. The van der Waals surface area contributed by atoms with Gasteiger partial charge in [0.1, 0.15) is 6.07 Å². The van der Waals surface area contributed by atoms with Crippen LogP contribution in [-0.2, 0) is 0 Å². The molecule has 0 amide bonds. The molecule has 1 heterocycles. The minimum Gasteiger partial charge on any atom is -0.505 e. The molecular formula is C14H12N2O. The minimum absolute atomic E-state index is 0.0819. The average Bonchev–Trinajstić information content (AvgIpc) is 2.33. The third-order valence-corrected chi connectivity index (χ3v) is 2.67. The van der Waals surface area contributed by atoms with E-state index in [1.807, 2.05) is 38.1 Å². The second-order valence-electron chi connectivity index (χ2n) is 4.02. The van der Waals surface area contributed by atoms with Crippen LogP contribution in [0.3, 0.4) is 0 Å². The fourth-order valence-electron chi connectivity index (χ4n) is 1.70. The Balaban J connectivity index is 2.61. The van der Waals surface area contributed by atoms with E-state index in [1.165, 1.54) is 6.20 Å². The van der Waals surface area contributed by atoms with Gasteiger partial charge in [0, 0.05) is 5.56 Å². The van der Waals surface area contributed by atoms with Crippen LogP contribution >= 0.6 is 0 Å². The molecule has 3 nitrogen and oxygen atoms in total. The lowest BCUT2D eigenvalue weighted by atomic mass is 10.0. The Morgan fingerprint density at radius 1 is 1.24 bits per heavy atom. The first-order valence-electron chi connectivity index (χ1n) is 5.28. The van der Waals surface area contributed by atoms with Crippen molar-refractivity contribution in [2.45, 2.75) is 13.8 Å². The van der Waals surface area contributed by atoms with Crippen molar-refractivity contribution in [3.05, 3.63) is 47.2 Å². The monoisotopic (exact) mass is 224 g/mol. The number of nitrogens with zero attached hydrogens (tertiary/aromatic N) is 2. The number of rotatable bonds is 1. The molecule has 0 aliphatic carbocycles. The lowest BCUT2D eigenvalue weighted by Gasteiger charge is -2.07. The number of hydrogen-bond donors (Lipinski definition) is 1. The van der Waals surface area contributed by atoms with Gasteiger partial charge in [0.05, 0.1) is 17.5 Å². The van der Waals surface area contributed by atoms with Crippen molar-refractivity contribution in [1.82, 2.24) is 4.98 Å². The first-order chi connectivity index (χ1) is 8.11. The van der Waals surface area contributed by atoms with Crippen LogP contribution in [0, 0.1) is 25.2 Å². The van der Waals surface area contributed by atoms with Gasteiger partial charge in [-0.05, 0) is 31.5 Å². The van der Waals surface area contributed by atoms with Gasteiger partial charge in [-0.2, -0.15) is 5.26 Å².